The number of hydrogen-bond donors (Lipinski definition) is 1. The van der Waals surface area contributed by atoms with Gasteiger partial charge in [-0.15, -0.1) is 22.7 Å². The molecule has 0 unspecified atom stereocenters. The van der Waals surface area contributed by atoms with Gasteiger partial charge in [-0.3, -0.25) is 4.79 Å². The van der Waals surface area contributed by atoms with Gasteiger partial charge in [0, 0.05) is 16.2 Å². The minimum Gasteiger partial charge on any atom is -0.351 e. The number of thiophene rings is 2. The second-order valence-electron chi connectivity index (χ2n) is 3.88. The Labute approximate surface area is 109 Å². The van der Waals surface area contributed by atoms with E-state index in [1.165, 1.54) is 15.3 Å². The van der Waals surface area contributed by atoms with E-state index >= 15 is 0 Å². The van der Waals surface area contributed by atoms with Crippen molar-refractivity contribution in [2.24, 2.45) is 0 Å². The Morgan fingerprint density at radius 3 is 2.82 bits per heavy atom. The van der Waals surface area contributed by atoms with Gasteiger partial charge in [-0.05, 0) is 41.8 Å². The van der Waals surface area contributed by atoms with Crippen molar-refractivity contribution in [1.82, 2.24) is 5.32 Å². The lowest BCUT2D eigenvalue weighted by Gasteiger charge is -2.03. The van der Waals surface area contributed by atoms with Gasteiger partial charge in [0.1, 0.15) is 0 Å². The molecule has 2 rings (SSSR count). The van der Waals surface area contributed by atoms with Crippen LogP contribution >= 0.6 is 22.7 Å². The van der Waals surface area contributed by atoms with E-state index in [2.05, 4.69) is 29.8 Å². The molecule has 0 aromatic carbocycles. The molecule has 0 radical (unpaired) electrons. The highest BCUT2D eigenvalue weighted by atomic mass is 32.1. The van der Waals surface area contributed by atoms with E-state index in [1.807, 2.05) is 11.4 Å². The first-order valence-electron chi connectivity index (χ1n) is 5.58. The molecule has 0 aliphatic heterocycles. The first-order valence-corrected chi connectivity index (χ1v) is 7.33. The molecular weight excluding hydrogens is 250 g/mol. The predicted octanol–water partition coefficient (Wildman–Crippen LogP) is 3.37. The Balaban J connectivity index is 1.73. The zero-order valence-corrected chi connectivity index (χ0v) is 11.4. The Kier molecular flexibility index (Phi) is 4.34. The monoisotopic (exact) mass is 265 g/mol. The molecule has 1 N–H and O–H groups in total. The molecule has 1 amide bonds. The molecule has 0 saturated carbocycles. The number of amides is 1. The Morgan fingerprint density at radius 1 is 1.29 bits per heavy atom. The Hall–Kier alpha value is -1.13. The number of nitrogens with one attached hydrogen (secondary N) is 1. The van der Waals surface area contributed by atoms with E-state index < -0.39 is 0 Å². The zero-order chi connectivity index (χ0) is 12.1. The summed E-state index contributed by atoms with van der Waals surface area (Å²) in [6, 6.07) is 6.17. The molecular formula is C13H15NOS2. The largest absolute Gasteiger partial charge is 0.351 e. The van der Waals surface area contributed by atoms with Crippen LogP contribution in [0.15, 0.2) is 29.0 Å². The molecule has 2 heterocycles. The van der Waals surface area contributed by atoms with E-state index in [9.17, 15) is 4.79 Å². The van der Waals surface area contributed by atoms with Crippen LogP contribution in [0.2, 0.25) is 0 Å². The molecule has 2 nitrogen and oxygen atoms in total. The van der Waals surface area contributed by atoms with Crippen molar-refractivity contribution in [1.29, 1.82) is 0 Å². The number of hydrogen-bond acceptors (Lipinski definition) is 3. The van der Waals surface area contributed by atoms with E-state index in [4.69, 9.17) is 0 Å². The smallest absolute Gasteiger partial charge is 0.220 e. The first kappa shape index (κ1) is 12.3. The third-order valence-electron chi connectivity index (χ3n) is 2.59. The van der Waals surface area contributed by atoms with Gasteiger partial charge in [0.25, 0.3) is 0 Å². The molecule has 0 aliphatic carbocycles. The summed E-state index contributed by atoms with van der Waals surface area (Å²) in [4.78, 5) is 14.2. The average Bonchev–Trinajstić information content (AvgIpc) is 2.95. The summed E-state index contributed by atoms with van der Waals surface area (Å²) < 4.78 is 0. The van der Waals surface area contributed by atoms with Crippen LogP contribution in [0.1, 0.15) is 21.7 Å². The van der Waals surface area contributed by atoms with Crippen LogP contribution in [-0.4, -0.2) is 5.91 Å². The molecule has 4 heteroatoms. The van der Waals surface area contributed by atoms with Crippen molar-refractivity contribution >= 4 is 28.6 Å². The van der Waals surface area contributed by atoms with Crippen LogP contribution in [0.3, 0.4) is 0 Å². The van der Waals surface area contributed by atoms with Crippen molar-refractivity contribution in [2.45, 2.75) is 26.3 Å². The third-order valence-corrected chi connectivity index (χ3v) is 4.55. The Morgan fingerprint density at radius 2 is 2.18 bits per heavy atom. The van der Waals surface area contributed by atoms with E-state index in [1.54, 1.807) is 22.7 Å². The summed E-state index contributed by atoms with van der Waals surface area (Å²) in [5.74, 6) is 0.131. The van der Waals surface area contributed by atoms with Crippen LogP contribution in [0.25, 0.3) is 0 Å². The van der Waals surface area contributed by atoms with Crippen molar-refractivity contribution in [3.8, 4) is 0 Å². The highest BCUT2D eigenvalue weighted by Gasteiger charge is 2.04. The fourth-order valence-electron chi connectivity index (χ4n) is 1.54. The van der Waals surface area contributed by atoms with Crippen molar-refractivity contribution < 1.29 is 4.79 Å². The van der Waals surface area contributed by atoms with Gasteiger partial charge in [-0.2, -0.15) is 0 Å². The summed E-state index contributed by atoms with van der Waals surface area (Å²) in [6.07, 6.45) is 1.41. The number of rotatable bonds is 5. The fourth-order valence-corrected chi connectivity index (χ4v) is 3.10. The highest BCUT2D eigenvalue weighted by molar-refractivity contribution is 7.10. The molecule has 0 bridgehead atoms. The molecule has 2 aromatic rings. The first-order chi connectivity index (χ1) is 8.25. The van der Waals surface area contributed by atoms with E-state index in [0.717, 1.165) is 6.42 Å². The maximum atomic E-state index is 11.6. The van der Waals surface area contributed by atoms with Gasteiger partial charge in [-0.1, -0.05) is 6.07 Å². The maximum Gasteiger partial charge on any atom is 0.220 e. The highest BCUT2D eigenvalue weighted by Crippen LogP contribution is 2.15. The van der Waals surface area contributed by atoms with Crippen molar-refractivity contribution in [3.63, 3.8) is 0 Å². The summed E-state index contributed by atoms with van der Waals surface area (Å²) in [6.45, 7) is 2.73. The van der Waals surface area contributed by atoms with Gasteiger partial charge in [0.05, 0.1) is 6.54 Å². The normalized spacial score (nSPS) is 10.4. The Bertz CT molecular complexity index is 473. The minimum atomic E-state index is 0.131. The lowest BCUT2D eigenvalue weighted by molar-refractivity contribution is -0.121. The van der Waals surface area contributed by atoms with Gasteiger partial charge >= 0.3 is 0 Å². The number of carbonyl (C=O) groups is 1. The van der Waals surface area contributed by atoms with Crippen LogP contribution in [-0.2, 0) is 17.8 Å². The molecule has 0 atom stereocenters. The second-order valence-corrected chi connectivity index (χ2v) is 5.92. The molecule has 17 heavy (non-hydrogen) atoms. The van der Waals surface area contributed by atoms with Crippen LogP contribution in [0.4, 0.5) is 0 Å². The lowest BCUT2D eigenvalue weighted by Crippen LogP contribution is -2.22. The predicted molar refractivity (Wildman–Crippen MR) is 73.5 cm³/mol. The molecule has 90 valence electrons. The van der Waals surface area contributed by atoms with Gasteiger partial charge in [0.15, 0.2) is 0 Å². The summed E-state index contributed by atoms with van der Waals surface area (Å²) in [5.41, 5.74) is 1.26. The summed E-state index contributed by atoms with van der Waals surface area (Å²) in [7, 11) is 0. The number of aryl methyl sites for hydroxylation is 2. The summed E-state index contributed by atoms with van der Waals surface area (Å²) >= 11 is 3.40. The van der Waals surface area contributed by atoms with Crippen LogP contribution in [0, 0.1) is 6.92 Å². The topological polar surface area (TPSA) is 29.1 Å². The standard InChI is InChI=1S/C13H15NOS2/c1-10-6-8-17-12(10)9-14-13(15)5-4-11-3-2-7-16-11/h2-3,6-8H,4-5,9H2,1H3,(H,14,15). The van der Waals surface area contributed by atoms with Crippen molar-refractivity contribution in [2.75, 3.05) is 0 Å². The van der Waals surface area contributed by atoms with Gasteiger partial charge in [-0.25, -0.2) is 0 Å². The summed E-state index contributed by atoms with van der Waals surface area (Å²) in [5, 5.41) is 7.07. The molecule has 0 saturated heterocycles. The van der Waals surface area contributed by atoms with E-state index in [-0.39, 0.29) is 5.91 Å². The second kappa shape index (κ2) is 5.98. The van der Waals surface area contributed by atoms with Crippen LogP contribution < -0.4 is 5.32 Å². The van der Waals surface area contributed by atoms with Crippen LogP contribution in [0.5, 0.6) is 0 Å². The molecule has 2 aromatic heterocycles. The zero-order valence-electron chi connectivity index (χ0n) is 9.73. The van der Waals surface area contributed by atoms with Gasteiger partial charge in [0.2, 0.25) is 5.91 Å². The maximum absolute atomic E-state index is 11.6. The quantitative estimate of drug-likeness (QED) is 0.882. The third kappa shape index (κ3) is 3.68. The molecule has 0 fully saturated rings. The minimum absolute atomic E-state index is 0.131. The van der Waals surface area contributed by atoms with Gasteiger partial charge < -0.3 is 5.32 Å². The fraction of sp³-hybridized carbons (Fsp3) is 0.308. The van der Waals surface area contributed by atoms with E-state index in [0.29, 0.717) is 13.0 Å². The lowest BCUT2D eigenvalue weighted by atomic mass is 10.2. The molecule has 0 aliphatic rings. The number of carbonyl (C=O) groups excluding carboxylic acids is 1. The average molecular weight is 265 g/mol. The molecule has 0 spiro atoms. The van der Waals surface area contributed by atoms with Crippen molar-refractivity contribution in [3.05, 3.63) is 44.3 Å². The SMILES string of the molecule is Cc1ccsc1CNC(=O)CCc1cccs1.